The van der Waals surface area contributed by atoms with Crippen LogP contribution in [0.2, 0.25) is 0 Å². The Kier molecular flexibility index (Phi) is 5.97. The first kappa shape index (κ1) is 16.1. The van der Waals surface area contributed by atoms with Crippen LogP contribution in [0.5, 0.6) is 0 Å². The number of aliphatic carboxylic acids is 1. The molecule has 0 aromatic heterocycles. The predicted molar refractivity (Wildman–Crippen MR) is 77.3 cm³/mol. The van der Waals surface area contributed by atoms with Crippen LogP contribution in [-0.4, -0.2) is 57.2 Å². The summed E-state index contributed by atoms with van der Waals surface area (Å²) in [6.45, 7) is 6.05. The SMILES string of the molecule is CCCC1SCC(C(=O)O)N1C(=O)N(C)C(C)CC. The van der Waals surface area contributed by atoms with Gasteiger partial charge in [0.25, 0.3) is 0 Å². The molecule has 1 saturated heterocycles. The Bertz CT molecular complexity index is 338. The van der Waals surface area contributed by atoms with Crippen molar-refractivity contribution < 1.29 is 14.7 Å². The Morgan fingerprint density at radius 1 is 1.47 bits per heavy atom. The lowest BCUT2D eigenvalue weighted by Gasteiger charge is -2.34. The molecule has 1 fully saturated rings. The number of carbonyl (C=O) groups excluding carboxylic acids is 1. The summed E-state index contributed by atoms with van der Waals surface area (Å²) in [6, 6.07) is -0.736. The molecule has 1 aliphatic rings. The van der Waals surface area contributed by atoms with E-state index in [1.54, 1.807) is 28.6 Å². The summed E-state index contributed by atoms with van der Waals surface area (Å²) in [6.07, 6.45) is 2.65. The summed E-state index contributed by atoms with van der Waals surface area (Å²) in [4.78, 5) is 27.0. The first-order valence-electron chi connectivity index (χ1n) is 6.83. The summed E-state index contributed by atoms with van der Waals surface area (Å²) < 4.78 is 0. The Morgan fingerprint density at radius 2 is 2.11 bits per heavy atom. The van der Waals surface area contributed by atoms with Gasteiger partial charge >= 0.3 is 12.0 Å². The van der Waals surface area contributed by atoms with Gasteiger partial charge < -0.3 is 10.0 Å². The summed E-state index contributed by atoms with van der Waals surface area (Å²) in [7, 11) is 1.75. The molecule has 1 aliphatic heterocycles. The smallest absolute Gasteiger partial charge is 0.327 e. The first-order valence-corrected chi connectivity index (χ1v) is 7.88. The van der Waals surface area contributed by atoms with Crippen LogP contribution < -0.4 is 0 Å². The average Bonchev–Trinajstić information content (AvgIpc) is 2.80. The van der Waals surface area contributed by atoms with Crippen molar-refractivity contribution in [2.45, 2.75) is 57.5 Å². The van der Waals surface area contributed by atoms with Gasteiger partial charge in [0.15, 0.2) is 0 Å². The lowest BCUT2D eigenvalue weighted by Crippen LogP contribution is -2.52. The Hall–Kier alpha value is -0.910. The standard InChI is InChI=1S/C13H24N2O3S/c1-5-7-11-15(10(8-19-11)12(16)17)13(18)14(4)9(3)6-2/h9-11H,5-8H2,1-4H3,(H,16,17). The van der Waals surface area contributed by atoms with E-state index >= 15 is 0 Å². The van der Waals surface area contributed by atoms with E-state index in [1.807, 2.05) is 13.8 Å². The molecule has 0 aromatic rings. The Labute approximate surface area is 119 Å². The molecule has 0 aromatic carbocycles. The molecule has 0 spiro atoms. The molecule has 3 atom stereocenters. The molecule has 1 rings (SSSR count). The van der Waals surface area contributed by atoms with Gasteiger partial charge in [0, 0.05) is 18.8 Å². The average molecular weight is 288 g/mol. The van der Waals surface area contributed by atoms with Gasteiger partial charge in [0.2, 0.25) is 0 Å². The fourth-order valence-corrected chi connectivity index (χ4v) is 3.63. The van der Waals surface area contributed by atoms with Crippen molar-refractivity contribution in [3.63, 3.8) is 0 Å². The van der Waals surface area contributed by atoms with Gasteiger partial charge in [0.1, 0.15) is 6.04 Å². The minimum Gasteiger partial charge on any atom is -0.480 e. The van der Waals surface area contributed by atoms with Crippen LogP contribution in [0.1, 0.15) is 40.0 Å². The zero-order valence-corrected chi connectivity index (χ0v) is 12.9. The first-order chi connectivity index (χ1) is 8.93. The Morgan fingerprint density at radius 3 is 2.58 bits per heavy atom. The number of hydrogen-bond donors (Lipinski definition) is 1. The zero-order valence-electron chi connectivity index (χ0n) is 12.1. The molecule has 0 saturated carbocycles. The summed E-state index contributed by atoms with van der Waals surface area (Å²) in [5, 5.41) is 9.26. The quantitative estimate of drug-likeness (QED) is 0.844. The summed E-state index contributed by atoms with van der Waals surface area (Å²) in [5.74, 6) is -0.419. The number of thioether (sulfide) groups is 1. The van der Waals surface area contributed by atoms with E-state index in [-0.39, 0.29) is 17.4 Å². The molecule has 0 bridgehead atoms. The monoisotopic (exact) mass is 288 g/mol. The number of hydrogen-bond acceptors (Lipinski definition) is 3. The van der Waals surface area contributed by atoms with Crippen molar-refractivity contribution in [1.82, 2.24) is 9.80 Å². The van der Waals surface area contributed by atoms with E-state index in [0.29, 0.717) is 5.75 Å². The number of carbonyl (C=O) groups is 2. The number of carboxylic acids is 1. The Balaban J connectivity index is 2.88. The van der Waals surface area contributed by atoms with Crippen LogP contribution in [0.4, 0.5) is 4.79 Å². The fourth-order valence-electron chi connectivity index (χ4n) is 2.12. The highest BCUT2D eigenvalue weighted by atomic mass is 32.2. The van der Waals surface area contributed by atoms with Gasteiger partial charge in [-0.1, -0.05) is 20.3 Å². The van der Waals surface area contributed by atoms with E-state index in [4.69, 9.17) is 0 Å². The maximum Gasteiger partial charge on any atom is 0.327 e. The van der Waals surface area contributed by atoms with E-state index < -0.39 is 12.0 Å². The highest BCUT2D eigenvalue weighted by molar-refractivity contribution is 8.00. The van der Waals surface area contributed by atoms with Crippen molar-refractivity contribution in [3.8, 4) is 0 Å². The largest absolute Gasteiger partial charge is 0.480 e. The molecule has 0 aliphatic carbocycles. The molecule has 3 unspecified atom stereocenters. The third-order valence-corrected chi connectivity index (χ3v) is 5.04. The van der Waals surface area contributed by atoms with Crippen molar-refractivity contribution in [2.75, 3.05) is 12.8 Å². The third-order valence-electron chi connectivity index (χ3n) is 3.69. The molecule has 6 heteroatoms. The molecule has 1 N–H and O–H groups in total. The normalized spacial score (nSPS) is 24.3. The van der Waals surface area contributed by atoms with Crippen molar-refractivity contribution in [3.05, 3.63) is 0 Å². The van der Waals surface area contributed by atoms with E-state index in [0.717, 1.165) is 19.3 Å². The zero-order chi connectivity index (χ0) is 14.6. The maximum atomic E-state index is 12.5. The highest BCUT2D eigenvalue weighted by Gasteiger charge is 2.42. The van der Waals surface area contributed by atoms with Crippen LogP contribution in [0.3, 0.4) is 0 Å². The van der Waals surface area contributed by atoms with Gasteiger partial charge in [-0.05, 0) is 19.8 Å². The van der Waals surface area contributed by atoms with Crippen LogP contribution in [0.25, 0.3) is 0 Å². The third kappa shape index (κ3) is 3.55. The van der Waals surface area contributed by atoms with Crippen LogP contribution >= 0.6 is 11.8 Å². The fraction of sp³-hybridized carbons (Fsp3) is 0.846. The minimum absolute atomic E-state index is 0.00916. The molecule has 110 valence electrons. The number of rotatable bonds is 5. The van der Waals surface area contributed by atoms with Gasteiger partial charge in [-0.2, -0.15) is 0 Å². The molecule has 1 heterocycles. The second kappa shape index (κ2) is 7.03. The van der Waals surface area contributed by atoms with Crippen molar-refractivity contribution in [2.24, 2.45) is 0 Å². The van der Waals surface area contributed by atoms with Gasteiger partial charge in [-0.25, -0.2) is 9.59 Å². The maximum absolute atomic E-state index is 12.5. The van der Waals surface area contributed by atoms with E-state index in [1.165, 1.54) is 0 Å². The van der Waals surface area contributed by atoms with Crippen LogP contribution in [0.15, 0.2) is 0 Å². The van der Waals surface area contributed by atoms with E-state index in [9.17, 15) is 14.7 Å². The topological polar surface area (TPSA) is 60.9 Å². The molecular formula is C13H24N2O3S. The molecule has 2 amide bonds. The molecule has 0 radical (unpaired) electrons. The van der Waals surface area contributed by atoms with Gasteiger partial charge in [0.05, 0.1) is 5.37 Å². The van der Waals surface area contributed by atoms with Gasteiger partial charge in [-0.3, -0.25) is 4.90 Å². The van der Waals surface area contributed by atoms with E-state index in [2.05, 4.69) is 6.92 Å². The van der Waals surface area contributed by atoms with Crippen molar-refractivity contribution in [1.29, 1.82) is 0 Å². The number of urea groups is 1. The van der Waals surface area contributed by atoms with Crippen molar-refractivity contribution >= 4 is 23.8 Å². The molecular weight excluding hydrogens is 264 g/mol. The number of nitrogens with zero attached hydrogens (tertiary/aromatic N) is 2. The summed E-state index contributed by atoms with van der Waals surface area (Å²) in [5.41, 5.74) is 0. The number of amides is 2. The molecule has 5 nitrogen and oxygen atoms in total. The van der Waals surface area contributed by atoms with Crippen LogP contribution in [-0.2, 0) is 4.79 Å². The lowest BCUT2D eigenvalue weighted by molar-refractivity contribution is -0.141. The molecule has 19 heavy (non-hydrogen) atoms. The van der Waals surface area contributed by atoms with Gasteiger partial charge in [-0.15, -0.1) is 11.8 Å². The predicted octanol–water partition coefficient (Wildman–Crippen LogP) is 2.46. The lowest BCUT2D eigenvalue weighted by atomic mass is 10.2. The number of carboxylic acid groups (broad SMARTS) is 1. The second-order valence-electron chi connectivity index (χ2n) is 4.99. The minimum atomic E-state index is -0.906. The summed E-state index contributed by atoms with van der Waals surface area (Å²) >= 11 is 1.57. The van der Waals surface area contributed by atoms with Crippen LogP contribution in [0, 0.1) is 0 Å². The highest BCUT2D eigenvalue weighted by Crippen LogP contribution is 2.33. The second-order valence-corrected chi connectivity index (χ2v) is 6.20.